The summed E-state index contributed by atoms with van der Waals surface area (Å²) in [5.74, 6) is 0.353. The van der Waals surface area contributed by atoms with E-state index in [1.165, 1.54) is 11.3 Å². The maximum absolute atomic E-state index is 12.2. The first-order chi connectivity index (χ1) is 9.43. The number of rotatable bonds is 2. The van der Waals surface area contributed by atoms with Crippen LogP contribution in [0.2, 0.25) is 0 Å². The van der Waals surface area contributed by atoms with E-state index in [4.69, 9.17) is 4.74 Å². The molecule has 3 fully saturated rings. The molecule has 2 amide bonds. The Kier molecular flexibility index (Phi) is 3.37. The zero-order valence-electron chi connectivity index (χ0n) is 12.5. The largest absolute Gasteiger partial charge is 0.377 e. The van der Waals surface area contributed by atoms with Crippen LogP contribution in [0.5, 0.6) is 0 Å². The van der Waals surface area contributed by atoms with Gasteiger partial charge in [0.2, 0.25) is 11.8 Å². The minimum absolute atomic E-state index is 0.0609. The maximum Gasteiger partial charge on any atom is 0.246 e. The van der Waals surface area contributed by atoms with E-state index in [1.54, 1.807) is 7.05 Å². The number of carbonyl (C=O) groups excluding carboxylic acids is 2. The highest BCUT2D eigenvalue weighted by Gasteiger charge is 2.58. The lowest BCUT2D eigenvalue weighted by Gasteiger charge is -2.61. The van der Waals surface area contributed by atoms with Crippen molar-refractivity contribution >= 4 is 11.8 Å². The van der Waals surface area contributed by atoms with E-state index in [-0.39, 0.29) is 23.3 Å². The number of nitrogens with zero attached hydrogens (tertiary/aromatic N) is 1. The van der Waals surface area contributed by atoms with Crippen LogP contribution in [-0.4, -0.2) is 48.6 Å². The molecular formula is C15H24N2O3. The number of hydrogen-bond donors (Lipinski definition) is 1. The lowest BCUT2D eigenvalue weighted by atomic mass is 9.55. The molecule has 5 heteroatoms. The van der Waals surface area contributed by atoms with Gasteiger partial charge in [-0.2, -0.15) is 0 Å². The van der Waals surface area contributed by atoms with Crippen LogP contribution in [-0.2, 0) is 14.3 Å². The van der Waals surface area contributed by atoms with Crippen LogP contribution < -0.4 is 5.32 Å². The van der Waals surface area contributed by atoms with Crippen molar-refractivity contribution in [2.45, 2.75) is 57.7 Å². The first-order valence-corrected chi connectivity index (χ1v) is 7.61. The average Bonchev–Trinajstić information content (AvgIpc) is 2.44. The summed E-state index contributed by atoms with van der Waals surface area (Å²) >= 11 is 0. The zero-order valence-corrected chi connectivity index (χ0v) is 12.5. The summed E-state index contributed by atoms with van der Waals surface area (Å²) in [7, 11) is 1.58. The molecule has 20 heavy (non-hydrogen) atoms. The average molecular weight is 280 g/mol. The summed E-state index contributed by atoms with van der Waals surface area (Å²) in [6.07, 6.45) is 3.66. The lowest BCUT2D eigenvalue weighted by molar-refractivity contribution is -0.196. The van der Waals surface area contributed by atoms with Gasteiger partial charge < -0.3 is 10.1 Å². The second kappa shape index (κ2) is 4.81. The molecule has 1 N–H and O–H groups in total. The Balaban J connectivity index is 1.68. The number of nitrogens with one attached hydrogen (secondary N) is 1. The van der Waals surface area contributed by atoms with E-state index in [9.17, 15) is 9.59 Å². The SMILES string of the molecule is CN1C(=O)CCC(NC2C3CCCOC3C2(C)C)C1=O. The van der Waals surface area contributed by atoms with Crippen molar-refractivity contribution in [1.29, 1.82) is 0 Å². The van der Waals surface area contributed by atoms with Gasteiger partial charge >= 0.3 is 0 Å². The first-order valence-electron chi connectivity index (χ1n) is 7.61. The standard InChI is InChI=1S/C15H24N2O3/c1-15(2)12(9-5-4-8-20-13(9)15)16-10-6-7-11(18)17(3)14(10)19/h9-10,12-13,16H,4-8H2,1-3H3. The van der Waals surface area contributed by atoms with Crippen LogP contribution in [0.3, 0.4) is 0 Å². The summed E-state index contributed by atoms with van der Waals surface area (Å²) in [6.45, 7) is 5.27. The predicted molar refractivity (Wildman–Crippen MR) is 74.0 cm³/mol. The van der Waals surface area contributed by atoms with Gasteiger partial charge in [-0.25, -0.2) is 0 Å². The van der Waals surface area contributed by atoms with Gasteiger partial charge in [0.1, 0.15) is 0 Å². The Bertz CT molecular complexity index is 435. The van der Waals surface area contributed by atoms with E-state index in [1.807, 2.05) is 0 Å². The summed E-state index contributed by atoms with van der Waals surface area (Å²) in [5.41, 5.74) is 0.0609. The van der Waals surface area contributed by atoms with Crippen LogP contribution in [0, 0.1) is 11.3 Å². The van der Waals surface area contributed by atoms with Gasteiger partial charge in [0.05, 0.1) is 12.1 Å². The van der Waals surface area contributed by atoms with Gasteiger partial charge in [-0.3, -0.25) is 14.5 Å². The monoisotopic (exact) mass is 280 g/mol. The van der Waals surface area contributed by atoms with E-state index in [2.05, 4.69) is 19.2 Å². The fraction of sp³-hybridized carbons (Fsp3) is 0.867. The molecule has 1 saturated carbocycles. The molecule has 2 saturated heterocycles. The highest BCUT2D eigenvalue weighted by molar-refractivity contribution is 6.00. The smallest absolute Gasteiger partial charge is 0.246 e. The molecule has 2 aliphatic heterocycles. The number of amides is 2. The molecule has 0 aromatic rings. The van der Waals surface area contributed by atoms with Gasteiger partial charge in [0.25, 0.3) is 0 Å². The third kappa shape index (κ3) is 1.99. The topological polar surface area (TPSA) is 58.6 Å². The lowest BCUT2D eigenvalue weighted by Crippen LogP contribution is -2.72. The van der Waals surface area contributed by atoms with Crippen molar-refractivity contribution in [3.05, 3.63) is 0 Å². The number of carbonyl (C=O) groups is 2. The van der Waals surface area contributed by atoms with Crippen molar-refractivity contribution < 1.29 is 14.3 Å². The molecule has 4 atom stereocenters. The molecule has 4 unspecified atom stereocenters. The number of ether oxygens (including phenoxy) is 1. The Hall–Kier alpha value is -0.940. The van der Waals surface area contributed by atoms with Crippen LogP contribution in [0.4, 0.5) is 0 Å². The number of imide groups is 1. The molecule has 1 aliphatic carbocycles. The van der Waals surface area contributed by atoms with E-state index < -0.39 is 0 Å². The predicted octanol–water partition coefficient (Wildman–Crippen LogP) is 0.927. The Morgan fingerprint density at radius 3 is 2.80 bits per heavy atom. The summed E-state index contributed by atoms with van der Waals surface area (Å²) in [6, 6.07) is 0.0909. The van der Waals surface area contributed by atoms with E-state index >= 15 is 0 Å². The molecule has 2 heterocycles. The second-order valence-corrected chi connectivity index (χ2v) is 6.95. The van der Waals surface area contributed by atoms with Crippen molar-refractivity contribution in [3.8, 4) is 0 Å². The quantitative estimate of drug-likeness (QED) is 0.764. The number of likely N-dealkylation sites (tertiary alicyclic amines) is 1. The van der Waals surface area contributed by atoms with Crippen LogP contribution in [0.25, 0.3) is 0 Å². The van der Waals surface area contributed by atoms with Gasteiger partial charge in [0.15, 0.2) is 0 Å². The van der Waals surface area contributed by atoms with Crippen molar-refractivity contribution in [2.75, 3.05) is 13.7 Å². The fourth-order valence-corrected chi connectivity index (χ4v) is 4.15. The molecule has 0 bridgehead atoms. The van der Waals surface area contributed by atoms with Gasteiger partial charge in [-0.05, 0) is 19.3 Å². The summed E-state index contributed by atoms with van der Waals surface area (Å²) < 4.78 is 5.89. The molecule has 3 aliphatic rings. The fourth-order valence-electron chi connectivity index (χ4n) is 4.15. The van der Waals surface area contributed by atoms with E-state index in [0.717, 1.165) is 13.0 Å². The van der Waals surface area contributed by atoms with Gasteiger partial charge in [0, 0.05) is 37.5 Å². The third-order valence-corrected chi connectivity index (χ3v) is 5.36. The third-order valence-electron chi connectivity index (χ3n) is 5.36. The minimum atomic E-state index is -0.218. The Labute approximate surface area is 120 Å². The number of likely N-dealkylation sites (N-methyl/N-ethyl adjacent to an activating group) is 1. The summed E-state index contributed by atoms with van der Waals surface area (Å²) in [5, 5.41) is 3.52. The molecule has 5 nitrogen and oxygen atoms in total. The van der Waals surface area contributed by atoms with Crippen molar-refractivity contribution in [1.82, 2.24) is 10.2 Å². The van der Waals surface area contributed by atoms with Crippen molar-refractivity contribution in [2.24, 2.45) is 11.3 Å². The molecule has 0 aromatic carbocycles. The number of piperidine rings is 1. The molecule has 3 rings (SSSR count). The molecule has 0 spiro atoms. The zero-order chi connectivity index (χ0) is 14.5. The molecular weight excluding hydrogens is 256 g/mol. The minimum Gasteiger partial charge on any atom is -0.377 e. The summed E-state index contributed by atoms with van der Waals surface area (Å²) in [4.78, 5) is 25.0. The number of hydrogen-bond acceptors (Lipinski definition) is 4. The Morgan fingerprint density at radius 1 is 1.30 bits per heavy atom. The highest BCUT2D eigenvalue weighted by Crippen LogP contribution is 2.51. The van der Waals surface area contributed by atoms with Crippen LogP contribution in [0.15, 0.2) is 0 Å². The molecule has 0 radical (unpaired) electrons. The van der Waals surface area contributed by atoms with Gasteiger partial charge in [-0.1, -0.05) is 13.8 Å². The van der Waals surface area contributed by atoms with Gasteiger partial charge in [-0.15, -0.1) is 0 Å². The molecule has 112 valence electrons. The highest BCUT2D eigenvalue weighted by atomic mass is 16.5. The van der Waals surface area contributed by atoms with Crippen molar-refractivity contribution in [3.63, 3.8) is 0 Å². The normalized spacial score (nSPS) is 40.2. The maximum atomic E-state index is 12.2. The first kappa shape index (κ1) is 14.0. The van der Waals surface area contributed by atoms with Crippen LogP contribution >= 0.6 is 0 Å². The Morgan fingerprint density at radius 2 is 2.05 bits per heavy atom. The second-order valence-electron chi connectivity index (χ2n) is 6.95. The number of fused-ring (bicyclic) bond motifs is 1. The molecule has 0 aromatic heterocycles. The van der Waals surface area contributed by atoms with E-state index in [0.29, 0.717) is 30.9 Å². The van der Waals surface area contributed by atoms with Crippen LogP contribution in [0.1, 0.15) is 39.5 Å².